The standard InChI is InChI=1S/C9H16BrNO2/c1-11(9(13)2-3-10)6-7-4-8(12)5-7/h7-8,12H,2-6H2,1H3. The summed E-state index contributed by atoms with van der Waals surface area (Å²) in [5.41, 5.74) is 0. The first-order valence-corrected chi connectivity index (χ1v) is 5.73. The third-order valence-electron chi connectivity index (χ3n) is 2.48. The van der Waals surface area contributed by atoms with Crippen LogP contribution >= 0.6 is 15.9 Å². The van der Waals surface area contributed by atoms with Crippen molar-refractivity contribution in [1.82, 2.24) is 4.90 Å². The van der Waals surface area contributed by atoms with E-state index in [1.165, 1.54) is 0 Å². The highest BCUT2D eigenvalue weighted by molar-refractivity contribution is 9.09. The van der Waals surface area contributed by atoms with Crippen molar-refractivity contribution < 1.29 is 9.90 Å². The zero-order chi connectivity index (χ0) is 9.84. The van der Waals surface area contributed by atoms with Crippen LogP contribution in [0, 0.1) is 5.92 Å². The average Bonchev–Trinajstić information content (AvgIpc) is 2.02. The van der Waals surface area contributed by atoms with Crippen LogP contribution in [-0.2, 0) is 4.79 Å². The van der Waals surface area contributed by atoms with Crippen LogP contribution in [0.5, 0.6) is 0 Å². The fraction of sp³-hybridized carbons (Fsp3) is 0.889. The van der Waals surface area contributed by atoms with Gasteiger partial charge in [-0.3, -0.25) is 4.79 Å². The zero-order valence-electron chi connectivity index (χ0n) is 7.87. The normalized spacial score (nSPS) is 26.7. The molecule has 0 radical (unpaired) electrons. The molecule has 1 aliphatic rings. The summed E-state index contributed by atoms with van der Waals surface area (Å²) in [6.07, 6.45) is 2.15. The molecule has 1 rings (SSSR count). The Morgan fingerprint density at radius 3 is 2.69 bits per heavy atom. The van der Waals surface area contributed by atoms with E-state index in [0.29, 0.717) is 12.3 Å². The second kappa shape index (κ2) is 4.96. The molecule has 1 amide bonds. The number of amides is 1. The molecular weight excluding hydrogens is 234 g/mol. The van der Waals surface area contributed by atoms with E-state index in [4.69, 9.17) is 5.11 Å². The Labute approximate surface area is 87.2 Å². The monoisotopic (exact) mass is 249 g/mol. The summed E-state index contributed by atoms with van der Waals surface area (Å²) < 4.78 is 0. The molecule has 1 fully saturated rings. The lowest BCUT2D eigenvalue weighted by Gasteiger charge is -2.34. The Hall–Kier alpha value is -0.0900. The highest BCUT2D eigenvalue weighted by Gasteiger charge is 2.28. The van der Waals surface area contributed by atoms with Crippen LogP contribution in [0.1, 0.15) is 19.3 Å². The van der Waals surface area contributed by atoms with E-state index in [0.717, 1.165) is 24.7 Å². The fourth-order valence-corrected chi connectivity index (χ4v) is 1.95. The molecule has 1 saturated carbocycles. The summed E-state index contributed by atoms with van der Waals surface area (Å²) in [4.78, 5) is 13.1. The average molecular weight is 250 g/mol. The number of hydrogen-bond donors (Lipinski definition) is 1. The van der Waals surface area contributed by atoms with Gasteiger partial charge in [0.1, 0.15) is 0 Å². The fourth-order valence-electron chi connectivity index (χ4n) is 1.61. The number of carbonyl (C=O) groups is 1. The summed E-state index contributed by atoms with van der Waals surface area (Å²) >= 11 is 3.24. The first-order chi connectivity index (χ1) is 6.13. The van der Waals surface area contributed by atoms with Crippen molar-refractivity contribution in [2.24, 2.45) is 5.92 Å². The van der Waals surface area contributed by atoms with Gasteiger partial charge in [0.15, 0.2) is 0 Å². The van der Waals surface area contributed by atoms with Crippen molar-refractivity contribution in [3.63, 3.8) is 0 Å². The van der Waals surface area contributed by atoms with Gasteiger partial charge in [0, 0.05) is 25.3 Å². The summed E-state index contributed by atoms with van der Waals surface area (Å²) in [5.74, 6) is 0.692. The van der Waals surface area contributed by atoms with Crippen molar-refractivity contribution in [3.8, 4) is 0 Å². The van der Waals surface area contributed by atoms with Crippen molar-refractivity contribution >= 4 is 21.8 Å². The van der Waals surface area contributed by atoms with E-state index in [1.54, 1.807) is 4.90 Å². The minimum atomic E-state index is -0.121. The van der Waals surface area contributed by atoms with E-state index >= 15 is 0 Å². The predicted molar refractivity (Wildman–Crippen MR) is 54.8 cm³/mol. The molecule has 0 aromatic rings. The van der Waals surface area contributed by atoms with Crippen LogP contribution in [0.15, 0.2) is 0 Å². The van der Waals surface area contributed by atoms with Gasteiger partial charge in [0.25, 0.3) is 0 Å². The quantitative estimate of drug-likeness (QED) is 0.756. The van der Waals surface area contributed by atoms with Crippen LogP contribution in [-0.4, -0.2) is 40.9 Å². The molecule has 0 heterocycles. The van der Waals surface area contributed by atoms with Gasteiger partial charge in [0.05, 0.1) is 6.10 Å². The molecule has 0 aromatic carbocycles. The molecule has 0 saturated heterocycles. The van der Waals surface area contributed by atoms with E-state index in [9.17, 15) is 4.79 Å². The second-order valence-electron chi connectivity index (χ2n) is 3.70. The van der Waals surface area contributed by atoms with Crippen LogP contribution in [0.3, 0.4) is 0 Å². The van der Waals surface area contributed by atoms with Crippen LogP contribution in [0.4, 0.5) is 0 Å². The highest BCUT2D eigenvalue weighted by Crippen LogP contribution is 2.27. The van der Waals surface area contributed by atoms with Gasteiger partial charge in [-0.25, -0.2) is 0 Å². The molecule has 4 heteroatoms. The van der Waals surface area contributed by atoms with Crippen LogP contribution in [0.2, 0.25) is 0 Å². The van der Waals surface area contributed by atoms with Crippen molar-refractivity contribution in [3.05, 3.63) is 0 Å². The molecular formula is C9H16BrNO2. The number of aliphatic hydroxyl groups excluding tert-OH is 1. The van der Waals surface area contributed by atoms with Gasteiger partial charge < -0.3 is 10.0 Å². The Balaban J connectivity index is 2.17. The smallest absolute Gasteiger partial charge is 0.223 e. The van der Waals surface area contributed by atoms with Crippen molar-refractivity contribution in [2.45, 2.75) is 25.4 Å². The van der Waals surface area contributed by atoms with Crippen LogP contribution in [0.25, 0.3) is 0 Å². The van der Waals surface area contributed by atoms with Gasteiger partial charge in [-0.1, -0.05) is 15.9 Å². The molecule has 0 aromatic heterocycles. The SMILES string of the molecule is CN(CC1CC(O)C1)C(=O)CCBr. The largest absolute Gasteiger partial charge is 0.393 e. The zero-order valence-corrected chi connectivity index (χ0v) is 9.46. The minimum absolute atomic E-state index is 0.121. The molecule has 0 bridgehead atoms. The Morgan fingerprint density at radius 2 is 2.23 bits per heavy atom. The lowest BCUT2D eigenvalue weighted by Crippen LogP contribution is -2.39. The first kappa shape index (κ1) is 11.0. The van der Waals surface area contributed by atoms with E-state index < -0.39 is 0 Å². The molecule has 1 N–H and O–H groups in total. The lowest BCUT2D eigenvalue weighted by molar-refractivity contribution is -0.131. The third kappa shape index (κ3) is 3.27. The lowest BCUT2D eigenvalue weighted by atomic mass is 9.82. The van der Waals surface area contributed by atoms with Gasteiger partial charge >= 0.3 is 0 Å². The van der Waals surface area contributed by atoms with E-state index in [1.807, 2.05) is 7.05 Å². The molecule has 3 nitrogen and oxygen atoms in total. The number of nitrogens with zero attached hydrogens (tertiary/aromatic N) is 1. The molecule has 0 spiro atoms. The van der Waals surface area contributed by atoms with E-state index in [-0.39, 0.29) is 12.0 Å². The van der Waals surface area contributed by atoms with Gasteiger partial charge in [-0.05, 0) is 18.8 Å². The number of halogens is 1. The first-order valence-electron chi connectivity index (χ1n) is 4.61. The Morgan fingerprint density at radius 1 is 1.62 bits per heavy atom. The molecule has 0 aliphatic heterocycles. The maximum absolute atomic E-state index is 11.3. The maximum Gasteiger partial charge on any atom is 0.223 e. The summed E-state index contributed by atoms with van der Waals surface area (Å²) in [6, 6.07) is 0. The molecule has 1 aliphatic carbocycles. The molecule has 76 valence electrons. The third-order valence-corrected chi connectivity index (χ3v) is 2.87. The summed E-state index contributed by atoms with van der Waals surface area (Å²) in [5, 5.41) is 9.79. The Bertz CT molecular complexity index is 180. The molecule has 13 heavy (non-hydrogen) atoms. The summed E-state index contributed by atoms with van der Waals surface area (Å²) in [7, 11) is 1.83. The van der Waals surface area contributed by atoms with Gasteiger partial charge in [-0.2, -0.15) is 0 Å². The number of rotatable bonds is 4. The number of carbonyl (C=O) groups excluding carboxylic acids is 1. The predicted octanol–water partition coefficient (Wildman–Crippen LogP) is 1.00. The van der Waals surface area contributed by atoms with Crippen molar-refractivity contribution in [2.75, 3.05) is 18.9 Å². The molecule has 0 atom stereocenters. The second-order valence-corrected chi connectivity index (χ2v) is 4.50. The maximum atomic E-state index is 11.3. The van der Waals surface area contributed by atoms with Crippen molar-refractivity contribution in [1.29, 1.82) is 0 Å². The highest BCUT2D eigenvalue weighted by atomic mass is 79.9. The minimum Gasteiger partial charge on any atom is -0.393 e. The Kier molecular flexibility index (Phi) is 4.19. The summed E-state index contributed by atoms with van der Waals surface area (Å²) in [6.45, 7) is 0.795. The van der Waals surface area contributed by atoms with E-state index in [2.05, 4.69) is 15.9 Å². The van der Waals surface area contributed by atoms with Crippen LogP contribution < -0.4 is 0 Å². The topological polar surface area (TPSA) is 40.5 Å². The number of aliphatic hydroxyl groups is 1. The molecule has 0 unspecified atom stereocenters. The van der Waals surface area contributed by atoms with Gasteiger partial charge in [-0.15, -0.1) is 0 Å². The number of alkyl halides is 1. The number of hydrogen-bond acceptors (Lipinski definition) is 2. The van der Waals surface area contributed by atoms with Gasteiger partial charge in [0.2, 0.25) is 5.91 Å².